The number of methoxy groups -OCH3 is 2. The van der Waals surface area contributed by atoms with E-state index >= 15 is 0 Å². The second-order valence-corrected chi connectivity index (χ2v) is 7.14. The van der Waals surface area contributed by atoms with Gasteiger partial charge in [-0.3, -0.25) is 4.79 Å². The highest BCUT2D eigenvalue weighted by Gasteiger charge is 2.28. The summed E-state index contributed by atoms with van der Waals surface area (Å²) in [7, 11) is 2.98. The highest BCUT2D eigenvalue weighted by atomic mass is 35.5. The minimum absolute atomic E-state index is 0.170. The van der Waals surface area contributed by atoms with Crippen molar-refractivity contribution < 1.29 is 23.1 Å². The molecule has 1 amide bonds. The van der Waals surface area contributed by atoms with Gasteiger partial charge >= 0.3 is 0 Å². The number of halogens is 1. The Bertz CT molecular complexity index is 1130. The highest BCUT2D eigenvalue weighted by molar-refractivity contribution is 6.32. The Balaban J connectivity index is 1.49. The van der Waals surface area contributed by atoms with Crippen LogP contribution in [0, 0.1) is 11.3 Å². The van der Waals surface area contributed by atoms with Crippen molar-refractivity contribution in [3.8, 4) is 29.2 Å². The lowest BCUT2D eigenvalue weighted by Crippen LogP contribution is -2.48. The second kappa shape index (κ2) is 8.62. The number of aromatic nitrogens is 1. The third kappa shape index (κ3) is 3.90. The molecule has 1 aliphatic rings. The van der Waals surface area contributed by atoms with Gasteiger partial charge in [0.15, 0.2) is 17.3 Å². The number of benzene rings is 1. The second-order valence-electron chi connectivity index (χ2n) is 6.73. The first kappa shape index (κ1) is 20.6. The summed E-state index contributed by atoms with van der Waals surface area (Å²) < 4.78 is 21.6. The molecule has 160 valence electrons. The molecule has 9 nitrogen and oxygen atoms in total. The molecule has 0 bridgehead atoms. The molecule has 0 N–H and O–H groups in total. The molecule has 3 heterocycles. The van der Waals surface area contributed by atoms with E-state index in [2.05, 4.69) is 11.1 Å². The molecule has 4 rings (SSSR count). The van der Waals surface area contributed by atoms with Crippen LogP contribution >= 0.6 is 11.6 Å². The molecule has 0 aliphatic carbocycles. The van der Waals surface area contributed by atoms with Gasteiger partial charge in [-0.05, 0) is 24.3 Å². The molecule has 2 aromatic heterocycles. The van der Waals surface area contributed by atoms with E-state index in [4.69, 9.17) is 29.9 Å². The molecule has 3 aromatic rings. The Labute approximate surface area is 183 Å². The van der Waals surface area contributed by atoms with Gasteiger partial charge in [0.1, 0.15) is 6.07 Å². The molecule has 10 heteroatoms. The number of hydrogen-bond acceptors (Lipinski definition) is 8. The summed E-state index contributed by atoms with van der Waals surface area (Å²) in [5, 5.41) is 9.74. The summed E-state index contributed by atoms with van der Waals surface area (Å²) in [6.07, 6.45) is 1.51. The van der Waals surface area contributed by atoms with Gasteiger partial charge in [-0.25, -0.2) is 0 Å². The number of carbonyl (C=O) groups is 1. The third-order valence-electron chi connectivity index (χ3n) is 4.98. The average molecular weight is 443 g/mol. The van der Waals surface area contributed by atoms with Crippen LogP contribution < -0.4 is 14.4 Å². The fourth-order valence-electron chi connectivity index (χ4n) is 3.44. The Morgan fingerprint density at radius 1 is 1.23 bits per heavy atom. The lowest BCUT2D eigenvalue weighted by atomic mass is 10.1. The number of furan rings is 1. The van der Waals surface area contributed by atoms with E-state index in [1.165, 1.54) is 20.5 Å². The number of ether oxygens (including phenoxy) is 2. The van der Waals surface area contributed by atoms with Gasteiger partial charge in [-0.1, -0.05) is 11.6 Å². The average Bonchev–Trinajstić information content (AvgIpc) is 3.48. The Morgan fingerprint density at radius 3 is 2.61 bits per heavy atom. The van der Waals surface area contributed by atoms with Crippen LogP contribution in [0.1, 0.15) is 16.1 Å². The molecule has 1 aromatic carbocycles. The van der Waals surface area contributed by atoms with Crippen LogP contribution in [-0.4, -0.2) is 56.2 Å². The summed E-state index contributed by atoms with van der Waals surface area (Å²) in [6, 6.07) is 8.66. The fraction of sp³-hybridized carbons (Fsp3) is 0.286. The number of carbonyl (C=O) groups excluding carboxylic acids is 1. The van der Waals surface area contributed by atoms with Gasteiger partial charge in [0.05, 0.1) is 25.5 Å². The first-order chi connectivity index (χ1) is 15.0. The van der Waals surface area contributed by atoms with Crippen molar-refractivity contribution in [3.63, 3.8) is 0 Å². The Kier molecular flexibility index (Phi) is 5.73. The molecule has 0 spiro atoms. The molecule has 1 fully saturated rings. The van der Waals surface area contributed by atoms with E-state index in [1.54, 1.807) is 29.2 Å². The summed E-state index contributed by atoms with van der Waals surface area (Å²) in [5.74, 6) is 1.67. The number of hydrogen-bond donors (Lipinski definition) is 0. The number of oxazole rings is 1. The zero-order valence-electron chi connectivity index (χ0n) is 16.9. The van der Waals surface area contributed by atoms with Crippen molar-refractivity contribution in [2.24, 2.45) is 0 Å². The van der Waals surface area contributed by atoms with Crippen LogP contribution in [-0.2, 0) is 0 Å². The Morgan fingerprint density at radius 2 is 2.00 bits per heavy atom. The number of amides is 1. The normalized spacial score (nSPS) is 13.7. The number of nitriles is 1. The number of anilines is 1. The molecule has 0 radical (unpaired) electrons. The monoisotopic (exact) mass is 442 g/mol. The summed E-state index contributed by atoms with van der Waals surface area (Å²) >= 11 is 6.24. The summed E-state index contributed by atoms with van der Waals surface area (Å²) in [6.45, 7) is 1.83. The maximum Gasteiger partial charge on any atom is 0.266 e. The van der Waals surface area contributed by atoms with Crippen molar-refractivity contribution in [1.82, 2.24) is 9.88 Å². The highest BCUT2D eigenvalue weighted by Crippen LogP contribution is 2.36. The van der Waals surface area contributed by atoms with Crippen molar-refractivity contribution in [3.05, 3.63) is 46.8 Å². The summed E-state index contributed by atoms with van der Waals surface area (Å²) in [5.41, 5.74) is 0.589. The zero-order chi connectivity index (χ0) is 22.0. The number of rotatable bonds is 5. The van der Waals surface area contributed by atoms with E-state index in [0.29, 0.717) is 59.9 Å². The van der Waals surface area contributed by atoms with Gasteiger partial charge in [0.25, 0.3) is 11.8 Å². The SMILES string of the molecule is COc1cc(C(=O)N2CCN(c3oc(-c4ccco4)nc3C#N)CC2)cc(Cl)c1OC. The zero-order valence-corrected chi connectivity index (χ0v) is 17.7. The van der Waals surface area contributed by atoms with Gasteiger partial charge < -0.3 is 28.1 Å². The van der Waals surface area contributed by atoms with Crippen molar-refractivity contribution in [2.75, 3.05) is 45.3 Å². The molecule has 0 atom stereocenters. The van der Waals surface area contributed by atoms with E-state index in [-0.39, 0.29) is 17.5 Å². The van der Waals surface area contributed by atoms with Crippen LogP contribution in [0.2, 0.25) is 5.02 Å². The maximum absolute atomic E-state index is 13.0. The van der Waals surface area contributed by atoms with Crippen molar-refractivity contribution >= 4 is 23.4 Å². The van der Waals surface area contributed by atoms with Gasteiger partial charge in [-0.2, -0.15) is 10.2 Å². The topological polar surface area (TPSA) is 105 Å². The van der Waals surface area contributed by atoms with Crippen LogP contribution in [0.4, 0.5) is 5.88 Å². The van der Waals surface area contributed by atoms with E-state index in [1.807, 2.05) is 4.90 Å². The molecule has 0 unspecified atom stereocenters. The lowest BCUT2D eigenvalue weighted by molar-refractivity contribution is 0.0745. The first-order valence-corrected chi connectivity index (χ1v) is 9.84. The summed E-state index contributed by atoms with van der Waals surface area (Å²) in [4.78, 5) is 20.8. The lowest BCUT2D eigenvalue weighted by Gasteiger charge is -2.34. The molecule has 1 saturated heterocycles. The van der Waals surface area contributed by atoms with Crippen LogP contribution in [0.3, 0.4) is 0 Å². The smallest absolute Gasteiger partial charge is 0.266 e. The molecule has 31 heavy (non-hydrogen) atoms. The van der Waals surface area contributed by atoms with E-state index in [0.717, 1.165) is 0 Å². The first-order valence-electron chi connectivity index (χ1n) is 9.46. The molecular formula is C21H19ClN4O5. The van der Waals surface area contributed by atoms with Crippen LogP contribution in [0.25, 0.3) is 11.7 Å². The largest absolute Gasteiger partial charge is 0.493 e. The molecular weight excluding hydrogens is 424 g/mol. The molecule has 1 aliphatic heterocycles. The number of nitrogens with zero attached hydrogens (tertiary/aromatic N) is 4. The number of piperazine rings is 1. The van der Waals surface area contributed by atoms with Crippen molar-refractivity contribution in [2.45, 2.75) is 0 Å². The van der Waals surface area contributed by atoms with Crippen LogP contribution in [0.15, 0.2) is 39.4 Å². The van der Waals surface area contributed by atoms with Gasteiger partial charge in [0.2, 0.25) is 11.6 Å². The van der Waals surface area contributed by atoms with Crippen molar-refractivity contribution in [1.29, 1.82) is 5.26 Å². The van der Waals surface area contributed by atoms with Gasteiger partial charge in [0, 0.05) is 31.7 Å². The minimum Gasteiger partial charge on any atom is -0.493 e. The standard InChI is InChI=1S/C21H19ClN4O5/c1-28-17-11-13(10-14(22)18(17)29-2)20(27)25-5-7-26(8-6-25)21-15(12-23)24-19(31-21)16-4-3-9-30-16/h3-4,9-11H,5-8H2,1-2H3. The predicted octanol–water partition coefficient (Wildman–Crippen LogP) is 3.44. The molecule has 0 saturated carbocycles. The minimum atomic E-state index is -0.170. The van der Waals surface area contributed by atoms with Crippen LogP contribution in [0.5, 0.6) is 11.5 Å². The van der Waals surface area contributed by atoms with Gasteiger partial charge in [-0.15, -0.1) is 0 Å². The fourth-order valence-corrected chi connectivity index (χ4v) is 3.73. The Hall–Kier alpha value is -3.64. The quantitative estimate of drug-likeness (QED) is 0.591. The maximum atomic E-state index is 13.0. The van der Waals surface area contributed by atoms with E-state index < -0.39 is 0 Å². The van der Waals surface area contributed by atoms with E-state index in [9.17, 15) is 10.1 Å². The predicted molar refractivity (Wildman–Crippen MR) is 112 cm³/mol. The third-order valence-corrected chi connectivity index (χ3v) is 5.26.